The van der Waals surface area contributed by atoms with Crippen molar-refractivity contribution in [1.82, 2.24) is 0 Å². The van der Waals surface area contributed by atoms with Crippen molar-refractivity contribution in [3.63, 3.8) is 0 Å². The minimum Gasteiger partial charge on any atom is -0.351 e. The van der Waals surface area contributed by atoms with Gasteiger partial charge in [-0.1, -0.05) is 34.9 Å². The van der Waals surface area contributed by atoms with Gasteiger partial charge in [-0.05, 0) is 80.6 Å². The molecule has 0 fully saturated rings. The first-order chi connectivity index (χ1) is 11.3. The van der Waals surface area contributed by atoms with Crippen LogP contribution in [0.4, 0.5) is 0 Å². The highest BCUT2D eigenvalue weighted by atomic mass is 16.7. The summed E-state index contributed by atoms with van der Waals surface area (Å²) in [5.41, 5.74) is 4.37. The van der Waals surface area contributed by atoms with Gasteiger partial charge in [-0.2, -0.15) is 0 Å². The van der Waals surface area contributed by atoms with Crippen molar-refractivity contribution in [2.75, 3.05) is 13.2 Å². The summed E-state index contributed by atoms with van der Waals surface area (Å²) in [6.07, 6.45) is 13.6. The normalized spacial score (nSPS) is 13.3. The molecule has 2 nitrogen and oxygen atoms in total. The van der Waals surface area contributed by atoms with Crippen LogP contribution in [0, 0.1) is 0 Å². The fourth-order valence-corrected chi connectivity index (χ4v) is 2.72. The zero-order chi connectivity index (χ0) is 18.4. The topological polar surface area (TPSA) is 18.5 Å². The van der Waals surface area contributed by atoms with Gasteiger partial charge in [0.15, 0.2) is 5.79 Å². The summed E-state index contributed by atoms with van der Waals surface area (Å²) in [6, 6.07) is 0. The maximum atomic E-state index is 5.75. The van der Waals surface area contributed by atoms with E-state index in [2.05, 4.69) is 45.9 Å². The van der Waals surface area contributed by atoms with E-state index in [9.17, 15) is 0 Å². The molecule has 0 aromatic heterocycles. The smallest absolute Gasteiger partial charge is 0.165 e. The zero-order valence-electron chi connectivity index (χ0n) is 17.2. The summed E-state index contributed by atoms with van der Waals surface area (Å²) < 4.78 is 11.5. The molecule has 2 heteroatoms. The summed E-state index contributed by atoms with van der Waals surface area (Å²) in [5, 5.41) is 0. The highest BCUT2D eigenvalue weighted by Crippen LogP contribution is 2.21. The molecule has 140 valence electrons. The lowest BCUT2D eigenvalue weighted by Gasteiger charge is -2.28. The molecule has 0 aliphatic rings. The molecule has 0 aliphatic carbocycles. The van der Waals surface area contributed by atoms with Crippen molar-refractivity contribution in [3.05, 3.63) is 34.9 Å². The lowest BCUT2D eigenvalue weighted by Crippen LogP contribution is -2.32. The van der Waals surface area contributed by atoms with Crippen LogP contribution in [0.5, 0.6) is 0 Å². The second-order valence-electron chi connectivity index (χ2n) is 7.00. The standard InChI is InChI=1S/C22H40O2/c1-8-23-22(7,24-9-2)18-12-17-21(6)16-11-15-20(5)14-10-13-19(3)4/h13,15,17H,8-12,14,16,18H2,1-7H3/b20-15+,21-17+. The monoisotopic (exact) mass is 336 g/mol. The number of hydrogen-bond acceptors (Lipinski definition) is 2. The van der Waals surface area contributed by atoms with Gasteiger partial charge in [0.25, 0.3) is 0 Å². The van der Waals surface area contributed by atoms with Crippen LogP contribution in [0.1, 0.15) is 87.0 Å². The number of ether oxygens (including phenoxy) is 2. The van der Waals surface area contributed by atoms with Gasteiger partial charge in [0.2, 0.25) is 0 Å². The van der Waals surface area contributed by atoms with Crippen LogP contribution < -0.4 is 0 Å². The van der Waals surface area contributed by atoms with E-state index in [0.717, 1.165) is 32.1 Å². The highest BCUT2D eigenvalue weighted by molar-refractivity contribution is 5.05. The van der Waals surface area contributed by atoms with Crippen molar-refractivity contribution in [3.8, 4) is 0 Å². The number of hydrogen-bond donors (Lipinski definition) is 0. The quantitative estimate of drug-likeness (QED) is 0.267. The Morgan fingerprint density at radius 1 is 0.750 bits per heavy atom. The molecule has 0 bridgehead atoms. The second kappa shape index (κ2) is 13.4. The first-order valence-corrected chi connectivity index (χ1v) is 9.55. The lowest BCUT2D eigenvalue weighted by atomic mass is 10.0. The molecule has 0 saturated heterocycles. The molecule has 0 aliphatic heterocycles. The van der Waals surface area contributed by atoms with Gasteiger partial charge in [0.1, 0.15) is 0 Å². The average molecular weight is 337 g/mol. The summed E-state index contributed by atoms with van der Waals surface area (Å²) in [4.78, 5) is 0. The van der Waals surface area contributed by atoms with Crippen LogP contribution in [0.15, 0.2) is 34.9 Å². The third-order valence-corrected chi connectivity index (χ3v) is 4.11. The molecule has 0 saturated carbocycles. The Morgan fingerprint density at radius 3 is 1.67 bits per heavy atom. The molecule has 0 heterocycles. The van der Waals surface area contributed by atoms with E-state index in [0.29, 0.717) is 13.2 Å². The van der Waals surface area contributed by atoms with Crippen LogP contribution in [0.3, 0.4) is 0 Å². The van der Waals surface area contributed by atoms with E-state index < -0.39 is 5.79 Å². The van der Waals surface area contributed by atoms with Gasteiger partial charge >= 0.3 is 0 Å². The molecule has 0 atom stereocenters. The SMILES string of the molecule is CCOC(C)(CC/C=C(\C)CC/C=C(\C)CCC=C(C)C)OCC. The molecule has 0 amide bonds. The summed E-state index contributed by atoms with van der Waals surface area (Å²) in [6.45, 7) is 16.3. The van der Waals surface area contributed by atoms with Gasteiger partial charge in [-0.25, -0.2) is 0 Å². The fraction of sp³-hybridized carbons (Fsp3) is 0.727. The van der Waals surface area contributed by atoms with Crippen molar-refractivity contribution in [1.29, 1.82) is 0 Å². The van der Waals surface area contributed by atoms with Gasteiger partial charge in [-0.15, -0.1) is 0 Å². The molecule has 0 radical (unpaired) electrons. The maximum Gasteiger partial charge on any atom is 0.165 e. The molecule has 0 aromatic rings. The minimum atomic E-state index is -0.443. The van der Waals surface area contributed by atoms with Crippen molar-refractivity contribution < 1.29 is 9.47 Å². The van der Waals surface area contributed by atoms with Gasteiger partial charge in [-0.3, -0.25) is 0 Å². The summed E-state index contributed by atoms with van der Waals surface area (Å²) in [5.74, 6) is -0.443. The first kappa shape index (κ1) is 23.1. The third-order valence-electron chi connectivity index (χ3n) is 4.11. The number of allylic oxidation sites excluding steroid dienone is 6. The summed E-state index contributed by atoms with van der Waals surface area (Å²) >= 11 is 0. The van der Waals surface area contributed by atoms with Crippen molar-refractivity contribution >= 4 is 0 Å². The van der Waals surface area contributed by atoms with Crippen molar-refractivity contribution in [2.45, 2.75) is 92.8 Å². The second-order valence-corrected chi connectivity index (χ2v) is 7.00. The van der Waals surface area contributed by atoms with E-state index in [1.807, 2.05) is 20.8 Å². The molecular formula is C22H40O2. The van der Waals surface area contributed by atoms with E-state index in [1.54, 1.807) is 0 Å². The van der Waals surface area contributed by atoms with Crippen LogP contribution in [-0.4, -0.2) is 19.0 Å². The molecule has 24 heavy (non-hydrogen) atoms. The molecule has 0 unspecified atom stereocenters. The van der Waals surface area contributed by atoms with E-state index in [-0.39, 0.29) is 0 Å². The van der Waals surface area contributed by atoms with Gasteiger partial charge < -0.3 is 9.47 Å². The van der Waals surface area contributed by atoms with Crippen LogP contribution in [0.25, 0.3) is 0 Å². The Labute approximate surface area is 151 Å². The summed E-state index contributed by atoms with van der Waals surface area (Å²) in [7, 11) is 0. The fourth-order valence-electron chi connectivity index (χ4n) is 2.72. The van der Waals surface area contributed by atoms with E-state index >= 15 is 0 Å². The Kier molecular flexibility index (Phi) is 13.0. The van der Waals surface area contributed by atoms with Crippen LogP contribution in [0.2, 0.25) is 0 Å². The third kappa shape index (κ3) is 12.5. The van der Waals surface area contributed by atoms with Crippen LogP contribution >= 0.6 is 0 Å². The zero-order valence-corrected chi connectivity index (χ0v) is 17.2. The Morgan fingerprint density at radius 2 is 1.21 bits per heavy atom. The van der Waals surface area contributed by atoms with Gasteiger partial charge in [0, 0.05) is 19.6 Å². The average Bonchev–Trinajstić information content (AvgIpc) is 2.47. The molecule has 0 N–H and O–H groups in total. The maximum absolute atomic E-state index is 5.75. The van der Waals surface area contributed by atoms with Crippen LogP contribution in [-0.2, 0) is 9.47 Å². The number of rotatable bonds is 13. The Bertz CT molecular complexity index is 406. The van der Waals surface area contributed by atoms with Crippen molar-refractivity contribution in [2.24, 2.45) is 0 Å². The molecule has 0 rings (SSSR count). The molecule has 0 aromatic carbocycles. The molecular weight excluding hydrogens is 296 g/mol. The first-order valence-electron chi connectivity index (χ1n) is 9.55. The minimum absolute atomic E-state index is 0.443. The van der Waals surface area contributed by atoms with E-state index in [1.165, 1.54) is 23.1 Å². The predicted octanol–water partition coefficient (Wildman–Crippen LogP) is 6.98. The molecule has 0 spiro atoms. The van der Waals surface area contributed by atoms with E-state index in [4.69, 9.17) is 9.47 Å². The largest absolute Gasteiger partial charge is 0.351 e. The van der Waals surface area contributed by atoms with Gasteiger partial charge in [0.05, 0.1) is 0 Å². The highest BCUT2D eigenvalue weighted by Gasteiger charge is 2.23. The Balaban J connectivity index is 4.16. The predicted molar refractivity (Wildman–Crippen MR) is 106 cm³/mol. The lowest BCUT2D eigenvalue weighted by molar-refractivity contribution is -0.223. The Hall–Kier alpha value is -0.860.